The van der Waals surface area contributed by atoms with Gasteiger partial charge in [-0.15, -0.1) is 0 Å². The first-order valence-corrected chi connectivity index (χ1v) is 6.09. The van der Waals surface area contributed by atoms with Crippen molar-refractivity contribution < 1.29 is 9.18 Å². The molecule has 0 N–H and O–H groups in total. The van der Waals surface area contributed by atoms with Crippen molar-refractivity contribution in [3.63, 3.8) is 0 Å². The minimum Gasteiger partial charge on any atom is -0.303 e. The van der Waals surface area contributed by atoms with Gasteiger partial charge in [-0.1, -0.05) is 13.8 Å². The van der Waals surface area contributed by atoms with E-state index in [2.05, 4.69) is 18.7 Å². The lowest BCUT2D eigenvalue weighted by Gasteiger charge is -2.17. The fraction of sp³-hybridized carbons (Fsp3) is 0.500. The van der Waals surface area contributed by atoms with E-state index in [9.17, 15) is 9.18 Å². The van der Waals surface area contributed by atoms with Crippen LogP contribution in [-0.2, 0) is 0 Å². The topological polar surface area (TPSA) is 20.3 Å². The number of aryl methyl sites for hydroxylation is 1. The highest BCUT2D eigenvalue weighted by molar-refractivity contribution is 5.96. The molecule has 17 heavy (non-hydrogen) atoms. The molecule has 0 saturated heterocycles. The minimum absolute atomic E-state index is 0.0134. The van der Waals surface area contributed by atoms with Gasteiger partial charge in [0.25, 0.3) is 0 Å². The molecule has 0 amide bonds. The molecule has 2 nitrogen and oxygen atoms in total. The van der Waals surface area contributed by atoms with Crippen LogP contribution in [0.5, 0.6) is 0 Å². The fourth-order valence-electron chi connectivity index (χ4n) is 1.84. The average molecular weight is 237 g/mol. The summed E-state index contributed by atoms with van der Waals surface area (Å²) in [5.41, 5.74) is 1.27. The molecule has 0 heterocycles. The predicted molar refractivity (Wildman–Crippen MR) is 67.9 cm³/mol. The molecule has 0 aliphatic carbocycles. The molecule has 0 bridgehead atoms. The monoisotopic (exact) mass is 237 g/mol. The van der Waals surface area contributed by atoms with Crippen molar-refractivity contribution in [1.29, 1.82) is 0 Å². The third kappa shape index (κ3) is 4.27. The Hall–Kier alpha value is -1.22. The third-order valence-corrected chi connectivity index (χ3v) is 2.91. The van der Waals surface area contributed by atoms with Gasteiger partial charge >= 0.3 is 0 Å². The van der Waals surface area contributed by atoms with Crippen LogP contribution >= 0.6 is 0 Å². The highest BCUT2D eigenvalue weighted by atomic mass is 19.1. The molecule has 0 aliphatic rings. The van der Waals surface area contributed by atoms with Gasteiger partial charge in [-0.2, -0.15) is 0 Å². The predicted octanol–water partition coefficient (Wildman–Crippen LogP) is 3.05. The van der Waals surface area contributed by atoms with Crippen molar-refractivity contribution in [1.82, 2.24) is 4.90 Å². The maximum absolute atomic E-state index is 13.2. The van der Waals surface area contributed by atoms with Crippen molar-refractivity contribution in [2.24, 2.45) is 0 Å². The number of benzene rings is 1. The SMILES string of the molecule is CCN(CC)CCC(=O)c1cc(C)cc(F)c1. The summed E-state index contributed by atoms with van der Waals surface area (Å²) in [7, 11) is 0. The van der Waals surface area contributed by atoms with E-state index in [4.69, 9.17) is 0 Å². The van der Waals surface area contributed by atoms with Crippen LogP contribution in [-0.4, -0.2) is 30.3 Å². The highest BCUT2D eigenvalue weighted by Gasteiger charge is 2.09. The number of halogens is 1. The number of carbonyl (C=O) groups is 1. The summed E-state index contributed by atoms with van der Waals surface area (Å²) in [6.07, 6.45) is 0.449. The molecular formula is C14H20FNO. The molecule has 0 spiro atoms. The van der Waals surface area contributed by atoms with Crippen LogP contribution in [0.2, 0.25) is 0 Å². The molecule has 94 valence electrons. The van der Waals surface area contributed by atoms with E-state index < -0.39 is 0 Å². The second kappa shape index (κ2) is 6.50. The zero-order valence-electron chi connectivity index (χ0n) is 10.8. The van der Waals surface area contributed by atoms with Gasteiger partial charge in [-0.05, 0) is 43.8 Å². The van der Waals surface area contributed by atoms with Crippen LogP contribution in [0.15, 0.2) is 18.2 Å². The zero-order chi connectivity index (χ0) is 12.8. The molecule has 0 saturated carbocycles. The Morgan fingerprint density at radius 1 is 1.24 bits per heavy atom. The average Bonchev–Trinajstić information content (AvgIpc) is 2.28. The number of nitrogens with zero attached hydrogens (tertiary/aromatic N) is 1. The van der Waals surface area contributed by atoms with Crippen molar-refractivity contribution in [2.75, 3.05) is 19.6 Å². The Labute approximate surface area is 102 Å². The van der Waals surface area contributed by atoms with Crippen LogP contribution in [0.25, 0.3) is 0 Å². The molecule has 0 radical (unpaired) electrons. The molecular weight excluding hydrogens is 217 g/mol. The molecule has 0 aromatic heterocycles. The zero-order valence-corrected chi connectivity index (χ0v) is 10.8. The number of hydrogen-bond donors (Lipinski definition) is 0. The summed E-state index contributed by atoms with van der Waals surface area (Å²) in [6, 6.07) is 4.49. The first-order valence-electron chi connectivity index (χ1n) is 6.09. The van der Waals surface area contributed by atoms with E-state index in [0.29, 0.717) is 12.0 Å². The second-order valence-corrected chi connectivity index (χ2v) is 4.22. The second-order valence-electron chi connectivity index (χ2n) is 4.22. The number of Topliss-reactive ketones (excluding diaryl/α,β-unsaturated/α-hetero) is 1. The van der Waals surface area contributed by atoms with Gasteiger partial charge in [-0.3, -0.25) is 4.79 Å². The van der Waals surface area contributed by atoms with Crippen molar-refractivity contribution in [2.45, 2.75) is 27.2 Å². The Balaban J connectivity index is 2.63. The molecule has 0 fully saturated rings. The largest absolute Gasteiger partial charge is 0.303 e. The van der Waals surface area contributed by atoms with Crippen molar-refractivity contribution >= 4 is 5.78 Å². The van der Waals surface area contributed by atoms with Crippen LogP contribution in [0.4, 0.5) is 4.39 Å². The lowest BCUT2D eigenvalue weighted by atomic mass is 10.1. The molecule has 0 atom stereocenters. The van der Waals surface area contributed by atoms with E-state index in [-0.39, 0.29) is 11.6 Å². The van der Waals surface area contributed by atoms with E-state index in [0.717, 1.165) is 25.2 Å². The maximum Gasteiger partial charge on any atom is 0.164 e. The summed E-state index contributed by atoms with van der Waals surface area (Å²) in [4.78, 5) is 14.1. The van der Waals surface area contributed by atoms with Gasteiger partial charge in [-0.25, -0.2) is 4.39 Å². The first-order chi connectivity index (χ1) is 8.06. The minimum atomic E-state index is -0.337. The van der Waals surface area contributed by atoms with Gasteiger partial charge in [0, 0.05) is 18.5 Å². The molecule has 1 rings (SSSR count). The number of hydrogen-bond acceptors (Lipinski definition) is 2. The van der Waals surface area contributed by atoms with Crippen molar-refractivity contribution in [3.8, 4) is 0 Å². The summed E-state index contributed by atoms with van der Waals surface area (Å²) in [5, 5.41) is 0. The standard InChI is InChI=1S/C14H20FNO/c1-4-16(5-2)7-6-14(17)12-8-11(3)9-13(15)10-12/h8-10H,4-7H2,1-3H3. The van der Waals surface area contributed by atoms with E-state index in [1.807, 2.05) is 0 Å². The fourth-order valence-corrected chi connectivity index (χ4v) is 1.84. The Morgan fingerprint density at radius 2 is 1.88 bits per heavy atom. The Kier molecular flexibility index (Phi) is 5.29. The number of rotatable bonds is 6. The van der Waals surface area contributed by atoms with E-state index in [1.165, 1.54) is 12.1 Å². The van der Waals surface area contributed by atoms with Crippen LogP contribution in [0.1, 0.15) is 36.2 Å². The van der Waals surface area contributed by atoms with Gasteiger partial charge in [0.15, 0.2) is 5.78 Å². The van der Waals surface area contributed by atoms with Gasteiger partial charge in [0.05, 0.1) is 0 Å². The smallest absolute Gasteiger partial charge is 0.164 e. The third-order valence-electron chi connectivity index (χ3n) is 2.91. The van der Waals surface area contributed by atoms with Gasteiger partial charge in [0.1, 0.15) is 5.82 Å². The number of ketones is 1. The normalized spacial score (nSPS) is 10.9. The van der Waals surface area contributed by atoms with Gasteiger partial charge < -0.3 is 4.90 Å². The maximum atomic E-state index is 13.2. The lowest BCUT2D eigenvalue weighted by molar-refractivity contribution is 0.0966. The summed E-state index contributed by atoms with van der Waals surface area (Å²) in [6.45, 7) is 8.55. The number of carbonyl (C=O) groups excluding carboxylic acids is 1. The summed E-state index contributed by atoms with van der Waals surface area (Å²) < 4.78 is 13.2. The van der Waals surface area contributed by atoms with Crippen LogP contribution in [0.3, 0.4) is 0 Å². The molecule has 0 unspecified atom stereocenters. The van der Waals surface area contributed by atoms with Crippen molar-refractivity contribution in [3.05, 3.63) is 35.1 Å². The Bertz CT molecular complexity index is 366. The molecule has 1 aromatic rings. The molecule has 3 heteroatoms. The summed E-state index contributed by atoms with van der Waals surface area (Å²) >= 11 is 0. The Morgan fingerprint density at radius 3 is 2.41 bits per heavy atom. The van der Waals surface area contributed by atoms with Crippen LogP contribution < -0.4 is 0 Å². The first kappa shape index (κ1) is 13.8. The quantitative estimate of drug-likeness (QED) is 0.709. The molecule has 1 aromatic carbocycles. The highest BCUT2D eigenvalue weighted by Crippen LogP contribution is 2.10. The molecule has 0 aliphatic heterocycles. The van der Waals surface area contributed by atoms with E-state index >= 15 is 0 Å². The van der Waals surface area contributed by atoms with E-state index in [1.54, 1.807) is 13.0 Å². The van der Waals surface area contributed by atoms with Crippen LogP contribution in [0, 0.1) is 12.7 Å². The summed E-state index contributed by atoms with van der Waals surface area (Å²) in [5.74, 6) is -0.323. The lowest BCUT2D eigenvalue weighted by Crippen LogP contribution is -2.25. The van der Waals surface area contributed by atoms with Gasteiger partial charge in [0.2, 0.25) is 0 Å².